The van der Waals surface area contributed by atoms with Crippen LogP contribution < -0.4 is 10.4 Å². The van der Waals surface area contributed by atoms with Crippen LogP contribution in [0.1, 0.15) is 78.1 Å². The summed E-state index contributed by atoms with van der Waals surface area (Å²) in [4.78, 5) is 0. The molecule has 0 saturated carbocycles. The Morgan fingerprint density at radius 3 is 1.31 bits per heavy atom. The number of hydrogen-bond acceptors (Lipinski definition) is 4. The first-order valence-corrected chi connectivity index (χ1v) is 12.0. The van der Waals surface area contributed by atoms with Gasteiger partial charge in [0.1, 0.15) is 23.0 Å². The molecule has 0 fully saturated rings. The summed E-state index contributed by atoms with van der Waals surface area (Å²) in [5, 5.41) is 46.1. The van der Waals surface area contributed by atoms with Crippen molar-refractivity contribution in [3.05, 3.63) is 34.7 Å². The van der Waals surface area contributed by atoms with Crippen molar-refractivity contribution in [1.29, 1.82) is 0 Å². The van der Waals surface area contributed by atoms with Crippen LogP contribution in [0.3, 0.4) is 0 Å². The van der Waals surface area contributed by atoms with Crippen molar-refractivity contribution in [2.75, 3.05) is 0 Å². The van der Waals surface area contributed by atoms with Crippen LogP contribution in [0.4, 0.5) is 0 Å². The molecule has 0 amide bonds. The summed E-state index contributed by atoms with van der Waals surface area (Å²) < 4.78 is 0. The summed E-state index contributed by atoms with van der Waals surface area (Å²) in [5.41, 5.74) is 0. The van der Waals surface area contributed by atoms with Gasteiger partial charge in [-0.1, -0.05) is 76.7 Å². The minimum atomic E-state index is -0.171. The Labute approximate surface area is 190 Å². The van der Waals surface area contributed by atoms with Crippen LogP contribution in [-0.4, -0.2) is 20.4 Å². The lowest BCUT2D eigenvalue weighted by atomic mass is 9.95. The predicted octanol–water partition coefficient (Wildman–Crippen LogP) is 6.32. The number of fused-ring (bicyclic) bond motifs is 2. The molecular weight excluding hydrogens is 400 g/mol. The van der Waals surface area contributed by atoms with E-state index in [1.807, 2.05) is 12.1 Å². The molecule has 0 bridgehead atoms. The summed E-state index contributed by atoms with van der Waals surface area (Å²) in [7, 11) is 0. The SMILES string of the molecule is CCCCCCC=c1ccc(=CCCCCCC)c2c(O)c3c(O)ccc(O)c3c(O)c12. The van der Waals surface area contributed by atoms with Gasteiger partial charge in [0.15, 0.2) is 0 Å². The summed E-state index contributed by atoms with van der Waals surface area (Å²) >= 11 is 0. The molecule has 3 aromatic rings. The number of phenolic OH excluding ortho intramolecular Hbond substituents is 4. The lowest BCUT2D eigenvalue weighted by Gasteiger charge is -2.13. The van der Waals surface area contributed by atoms with Gasteiger partial charge < -0.3 is 20.4 Å². The Morgan fingerprint density at radius 1 is 0.531 bits per heavy atom. The van der Waals surface area contributed by atoms with Crippen LogP contribution >= 0.6 is 0 Å². The van der Waals surface area contributed by atoms with Crippen LogP contribution in [0.25, 0.3) is 33.7 Å². The van der Waals surface area contributed by atoms with Gasteiger partial charge in [-0.15, -0.1) is 0 Å². The average Bonchev–Trinajstić information content (AvgIpc) is 2.78. The Bertz CT molecular complexity index is 1100. The minimum absolute atomic E-state index is 0.0794. The van der Waals surface area contributed by atoms with Crippen LogP contribution in [0.5, 0.6) is 23.0 Å². The summed E-state index contributed by atoms with van der Waals surface area (Å²) in [6, 6.07) is 6.62. The third-order valence-corrected chi connectivity index (χ3v) is 6.22. The van der Waals surface area contributed by atoms with Gasteiger partial charge >= 0.3 is 0 Å². The fourth-order valence-corrected chi connectivity index (χ4v) is 4.45. The van der Waals surface area contributed by atoms with Crippen molar-refractivity contribution in [3.8, 4) is 23.0 Å². The molecule has 0 atom stereocenters. The molecule has 3 aromatic carbocycles. The Kier molecular flexibility index (Phi) is 8.26. The van der Waals surface area contributed by atoms with Crippen LogP contribution in [0.2, 0.25) is 0 Å². The van der Waals surface area contributed by atoms with Crippen molar-refractivity contribution in [2.45, 2.75) is 78.1 Å². The second-order valence-electron chi connectivity index (χ2n) is 8.65. The number of phenols is 4. The van der Waals surface area contributed by atoms with Crippen LogP contribution in [-0.2, 0) is 0 Å². The molecule has 0 radical (unpaired) electrons. The van der Waals surface area contributed by atoms with E-state index in [1.54, 1.807) is 0 Å². The van der Waals surface area contributed by atoms with E-state index in [2.05, 4.69) is 26.0 Å². The lowest BCUT2D eigenvalue weighted by molar-refractivity contribution is 0.451. The average molecular weight is 437 g/mol. The number of benzene rings is 3. The first-order valence-electron chi connectivity index (χ1n) is 12.0. The van der Waals surface area contributed by atoms with E-state index in [0.29, 0.717) is 10.8 Å². The molecular formula is C28H36O4. The first-order chi connectivity index (χ1) is 15.5. The normalized spacial score (nSPS) is 12.9. The summed E-state index contributed by atoms with van der Waals surface area (Å²) in [6.07, 6.45) is 15.1. The van der Waals surface area contributed by atoms with Gasteiger partial charge in [-0.05, 0) is 48.3 Å². The van der Waals surface area contributed by atoms with Gasteiger partial charge in [0.2, 0.25) is 0 Å². The number of unbranched alkanes of at least 4 members (excludes halogenated alkanes) is 8. The van der Waals surface area contributed by atoms with Gasteiger partial charge in [0.25, 0.3) is 0 Å². The Balaban J connectivity index is 2.24. The monoisotopic (exact) mass is 436 g/mol. The molecule has 0 heterocycles. The summed E-state index contributed by atoms with van der Waals surface area (Å²) in [5.74, 6) is -0.560. The predicted molar refractivity (Wildman–Crippen MR) is 134 cm³/mol. The van der Waals surface area contributed by atoms with Gasteiger partial charge in [0.05, 0.1) is 10.8 Å². The standard InChI is InChI=1S/C28H36O4/c1-3-5-7-9-11-13-19-15-16-20(14-12-10-8-6-4-2)24-23(19)27(31)25-21(29)17-18-22(30)26(25)28(24)32/h13-18,29-32H,3-12H2,1-2H3. The molecule has 172 valence electrons. The van der Waals surface area contributed by atoms with Gasteiger partial charge in [-0.2, -0.15) is 0 Å². The molecule has 0 saturated heterocycles. The highest BCUT2D eigenvalue weighted by Crippen LogP contribution is 2.46. The van der Waals surface area contributed by atoms with Crippen molar-refractivity contribution in [2.24, 2.45) is 0 Å². The van der Waals surface area contributed by atoms with Crippen molar-refractivity contribution >= 4 is 33.7 Å². The lowest BCUT2D eigenvalue weighted by Crippen LogP contribution is -2.12. The zero-order valence-corrected chi connectivity index (χ0v) is 19.3. The largest absolute Gasteiger partial charge is 0.507 e. The van der Waals surface area contributed by atoms with E-state index in [9.17, 15) is 20.4 Å². The van der Waals surface area contributed by atoms with Gasteiger partial charge in [-0.25, -0.2) is 0 Å². The number of aromatic hydroxyl groups is 4. The quantitative estimate of drug-likeness (QED) is 0.170. The topological polar surface area (TPSA) is 80.9 Å². The van der Waals surface area contributed by atoms with E-state index >= 15 is 0 Å². The molecule has 0 aliphatic heterocycles. The molecule has 0 unspecified atom stereocenters. The van der Waals surface area contributed by atoms with Crippen LogP contribution in [0.15, 0.2) is 24.3 Å². The smallest absolute Gasteiger partial charge is 0.135 e. The molecule has 0 aliphatic rings. The third kappa shape index (κ3) is 4.95. The molecule has 4 heteroatoms. The highest BCUT2D eigenvalue weighted by Gasteiger charge is 2.20. The fraction of sp³-hybridized carbons (Fsp3) is 0.429. The zero-order valence-electron chi connectivity index (χ0n) is 19.3. The van der Waals surface area contributed by atoms with Crippen molar-refractivity contribution < 1.29 is 20.4 Å². The maximum Gasteiger partial charge on any atom is 0.135 e. The Morgan fingerprint density at radius 2 is 0.938 bits per heavy atom. The van der Waals surface area contributed by atoms with Crippen molar-refractivity contribution in [3.63, 3.8) is 0 Å². The van der Waals surface area contributed by atoms with E-state index in [0.717, 1.165) is 49.0 Å². The van der Waals surface area contributed by atoms with E-state index in [1.165, 1.54) is 37.8 Å². The van der Waals surface area contributed by atoms with E-state index < -0.39 is 0 Å². The molecule has 32 heavy (non-hydrogen) atoms. The molecule has 3 rings (SSSR count). The highest BCUT2D eigenvalue weighted by atomic mass is 16.3. The molecule has 0 aromatic heterocycles. The third-order valence-electron chi connectivity index (χ3n) is 6.22. The molecule has 0 aliphatic carbocycles. The first kappa shape index (κ1) is 23.8. The maximum atomic E-state index is 11.2. The summed E-state index contributed by atoms with van der Waals surface area (Å²) in [6.45, 7) is 4.37. The molecule has 4 nitrogen and oxygen atoms in total. The Hall–Kier alpha value is -2.88. The van der Waals surface area contributed by atoms with E-state index in [-0.39, 0.29) is 33.8 Å². The second-order valence-corrected chi connectivity index (χ2v) is 8.65. The number of rotatable bonds is 10. The van der Waals surface area contributed by atoms with Crippen molar-refractivity contribution in [1.82, 2.24) is 0 Å². The van der Waals surface area contributed by atoms with Gasteiger partial charge in [-0.3, -0.25) is 0 Å². The maximum absolute atomic E-state index is 11.2. The second kappa shape index (κ2) is 11.1. The number of hydrogen-bond donors (Lipinski definition) is 4. The zero-order chi connectivity index (χ0) is 23.1. The highest BCUT2D eigenvalue weighted by molar-refractivity contribution is 6.14. The minimum Gasteiger partial charge on any atom is -0.507 e. The molecule has 0 spiro atoms. The van der Waals surface area contributed by atoms with E-state index in [4.69, 9.17) is 0 Å². The fourth-order valence-electron chi connectivity index (χ4n) is 4.45. The van der Waals surface area contributed by atoms with Gasteiger partial charge in [0, 0.05) is 10.8 Å². The van der Waals surface area contributed by atoms with Crippen LogP contribution in [0, 0.1) is 0 Å². The molecule has 4 N–H and O–H groups in total.